The molecule has 4 heterocycles. The van der Waals surface area contributed by atoms with Gasteiger partial charge in [-0.2, -0.15) is 4.98 Å². The number of benzene rings is 1. The number of ether oxygens (including phenoxy) is 4. The number of anilines is 1. The van der Waals surface area contributed by atoms with Gasteiger partial charge in [-0.25, -0.2) is 4.98 Å². The van der Waals surface area contributed by atoms with E-state index in [-0.39, 0.29) is 42.3 Å². The second-order valence-corrected chi connectivity index (χ2v) is 8.64. The molecule has 2 saturated heterocycles. The van der Waals surface area contributed by atoms with Gasteiger partial charge in [-0.3, -0.25) is 29.3 Å². The van der Waals surface area contributed by atoms with E-state index in [1.807, 2.05) is 30.3 Å². The van der Waals surface area contributed by atoms with Gasteiger partial charge in [-0.05, 0) is 5.56 Å². The summed E-state index contributed by atoms with van der Waals surface area (Å²) < 4.78 is 25.7. The Hall–Kier alpha value is -3.61. The maximum absolute atomic E-state index is 12.5. The Morgan fingerprint density at radius 2 is 2.09 bits per heavy atom. The zero-order valence-corrected chi connectivity index (χ0v) is 19.2. The van der Waals surface area contributed by atoms with Gasteiger partial charge in [-0.15, -0.1) is 0 Å². The summed E-state index contributed by atoms with van der Waals surface area (Å²) in [5.74, 6) is -0.820. The third-order valence-electron chi connectivity index (χ3n) is 6.03. The Balaban J connectivity index is 1.45. The third-order valence-corrected chi connectivity index (χ3v) is 6.03. The van der Waals surface area contributed by atoms with Crippen LogP contribution in [0.3, 0.4) is 0 Å². The molecule has 12 heteroatoms. The van der Waals surface area contributed by atoms with Gasteiger partial charge >= 0.3 is 5.97 Å². The minimum Gasteiger partial charge on any atom is -0.463 e. The van der Waals surface area contributed by atoms with Crippen LogP contribution < -0.4 is 10.9 Å². The standard InChI is InChI=1S/C23H25N5O7/c1-13(29)25-22-26-20-18(21(31)27-22)24-12-28(20)17-8-16-19(32-9-15-6-4-3-5-7-15)23(35-17,11-34-16)10-33-14(2)30/h3-7,12,16-17,19H,8-11H2,1-2H3,(H2,25,26,27,29,31)/t16?,17-,19-,23-/m0/s1. The van der Waals surface area contributed by atoms with Crippen molar-refractivity contribution < 1.29 is 28.5 Å². The van der Waals surface area contributed by atoms with E-state index < -0.39 is 29.5 Å². The van der Waals surface area contributed by atoms with Crippen LogP contribution >= 0.6 is 0 Å². The molecule has 0 saturated carbocycles. The lowest BCUT2D eigenvalue weighted by atomic mass is 9.91. The zero-order valence-electron chi connectivity index (χ0n) is 19.2. The molecule has 0 radical (unpaired) electrons. The second kappa shape index (κ2) is 9.21. The van der Waals surface area contributed by atoms with Crippen molar-refractivity contribution in [3.8, 4) is 0 Å². The Morgan fingerprint density at radius 3 is 2.83 bits per heavy atom. The number of carbonyl (C=O) groups excluding carboxylic acids is 2. The number of esters is 1. The molecular formula is C23H25N5O7. The summed E-state index contributed by atoms with van der Waals surface area (Å²) >= 11 is 0. The van der Waals surface area contributed by atoms with Crippen LogP contribution in [0.25, 0.3) is 11.2 Å². The predicted octanol–water partition coefficient (Wildman–Crippen LogP) is 1.28. The van der Waals surface area contributed by atoms with Crippen molar-refractivity contribution in [2.24, 2.45) is 0 Å². The molecule has 2 aromatic heterocycles. The van der Waals surface area contributed by atoms with E-state index in [9.17, 15) is 14.4 Å². The molecule has 1 unspecified atom stereocenters. The minimum absolute atomic E-state index is 0.00507. The van der Waals surface area contributed by atoms with Crippen molar-refractivity contribution in [1.29, 1.82) is 0 Å². The van der Waals surface area contributed by atoms with Crippen LogP contribution in [0, 0.1) is 0 Å². The molecular weight excluding hydrogens is 458 g/mol. The quantitative estimate of drug-likeness (QED) is 0.474. The van der Waals surface area contributed by atoms with Crippen LogP contribution in [-0.4, -0.2) is 62.4 Å². The average molecular weight is 483 g/mol. The molecule has 2 fully saturated rings. The van der Waals surface area contributed by atoms with Gasteiger partial charge in [0.15, 0.2) is 16.8 Å². The Kier molecular flexibility index (Phi) is 6.09. The van der Waals surface area contributed by atoms with E-state index in [0.29, 0.717) is 13.0 Å². The average Bonchev–Trinajstić information content (AvgIpc) is 3.33. The van der Waals surface area contributed by atoms with Gasteiger partial charge in [0.1, 0.15) is 18.9 Å². The van der Waals surface area contributed by atoms with Crippen molar-refractivity contribution >= 4 is 29.0 Å². The lowest BCUT2D eigenvalue weighted by Crippen LogP contribution is -2.56. The molecule has 12 nitrogen and oxygen atoms in total. The molecule has 0 aliphatic carbocycles. The van der Waals surface area contributed by atoms with Gasteiger partial charge < -0.3 is 18.9 Å². The van der Waals surface area contributed by atoms with Crippen LogP contribution in [0.2, 0.25) is 0 Å². The van der Waals surface area contributed by atoms with Crippen LogP contribution in [0.15, 0.2) is 41.5 Å². The number of rotatable bonds is 7. The van der Waals surface area contributed by atoms with E-state index >= 15 is 0 Å². The maximum atomic E-state index is 12.5. The molecule has 2 aliphatic rings. The number of aromatic nitrogens is 4. The second-order valence-electron chi connectivity index (χ2n) is 8.64. The predicted molar refractivity (Wildman–Crippen MR) is 121 cm³/mol. The Labute approximate surface area is 199 Å². The fourth-order valence-corrected chi connectivity index (χ4v) is 4.50. The summed E-state index contributed by atoms with van der Waals surface area (Å²) in [7, 11) is 0. The molecule has 2 aliphatic heterocycles. The van der Waals surface area contributed by atoms with Gasteiger partial charge in [0, 0.05) is 20.3 Å². The van der Waals surface area contributed by atoms with Crippen LogP contribution in [0.1, 0.15) is 32.1 Å². The van der Waals surface area contributed by atoms with Crippen LogP contribution in [-0.2, 0) is 35.1 Å². The smallest absolute Gasteiger partial charge is 0.302 e. The SMILES string of the molecule is CC(=O)Nc1nc2c(ncn2[C@@H]2CC3OC[C@](COC(C)=O)(O2)[C@H]3OCc2ccccc2)c(=O)[nH]1. The summed E-state index contributed by atoms with van der Waals surface area (Å²) in [4.78, 5) is 46.6. The molecule has 2 N–H and O–H groups in total. The zero-order chi connectivity index (χ0) is 24.6. The number of carbonyl (C=O) groups is 2. The number of fused-ring (bicyclic) bond motifs is 3. The summed E-state index contributed by atoms with van der Waals surface area (Å²) in [5.41, 5.74) is -0.218. The first-order chi connectivity index (χ1) is 16.8. The molecule has 3 aromatic rings. The monoisotopic (exact) mass is 483 g/mol. The molecule has 0 spiro atoms. The van der Waals surface area contributed by atoms with Crippen molar-refractivity contribution in [2.45, 2.75) is 50.9 Å². The number of hydrogen-bond acceptors (Lipinski definition) is 9. The first kappa shape index (κ1) is 23.1. The molecule has 1 amide bonds. The number of aromatic amines is 1. The highest BCUT2D eigenvalue weighted by Crippen LogP contribution is 2.44. The Morgan fingerprint density at radius 1 is 1.29 bits per heavy atom. The number of hydrogen-bond donors (Lipinski definition) is 2. The number of nitrogens with one attached hydrogen (secondary N) is 2. The van der Waals surface area contributed by atoms with Crippen molar-refractivity contribution in [1.82, 2.24) is 19.5 Å². The minimum atomic E-state index is -1.06. The highest BCUT2D eigenvalue weighted by molar-refractivity contribution is 5.87. The topological polar surface area (TPSA) is 147 Å². The summed E-state index contributed by atoms with van der Waals surface area (Å²) in [6.07, 6.45) is 0.372. The molecule has 2 bridgehead atoms. The van der Waals surface area contributed by atoms with E-state index in [1.165, 1.54) is 20.2 Å². The lowest BCUT2D eigenvalue weighted by molar-refractivity contribution is -0.227. The summed E-state index contributed by atoms with van der Waals surface area (Å²) in [5, 5.41) is 2.48. The van der Waals surface area contributed by atoms with Gasteiger partial charge in [0.2, 0.25) is 11.9 Å². The number of nitrogens with zero attached hydrogens (tertiary/aromatic N) is 3. The number of amides is 1. The maximum Gasteiger partial charge on any atom is 0.302 e. The van der Waals surface area contributed by atoms with Gasteiger partial charge in [-0.1, -0.05) is 30.3 Å². The van der Waals surface area contributed by atoms with E-state index in [4.69, 9.17) is 18.9 Å². The molecule has 184 valence electrons. The first-order valence-corrected chi connectivity index (χ1v) is 11.2. The highest BCUT2D eigenvalue weighted by Gasteiger charge is 2.58. The van der Waals surface area contributed by atoms with E-state index in [2.05, 4.69) is 20.3 Å². The van der Waals surface area contributed by atoms with Crippen molar-refractivity contribution in [3.63, 3.8) is 0 Å². The van der Waals surface area contributed by atoms with E-state index in [0.717, 1.165) is 5.56 Å². The number of H-pyrrole nitrogens is 1. The molecule has 35 heavy (non-hydrogen) atoms. The molecule has 4 atom stereocenters. The highest BCUT2D eigenvalue weighted by atomic mass is 16.6. The largest absolute Gasteiger partial charge is 0.463 e. The summed E-state index contributed by atoms with van der Waals surface area (Å²) in [6.45, 7) is 3.08. The van der Waals surface area contributed by atoms with Gasteiger partial charge in [0.05, 0.1) is 25.6 Å². The lowest BCUT2D eigenvalue weighted by Gasteiger charge is -2.42. The van der Waals surface area contributed by atoms with Crippen LogP contribution in [0.5, 0.6) is 0 Å². The summed E-state index contributed by atoms with van der Waals surface area (Å²) in [6, 6.07) is 9.71. The van der Waals surface area contributed by atoms with Crippen molar-refractivity contribution in [3.05, 3.63) is 52.6 Å². The first-order valence-electron chi connectivity index (χ1n) is 11.2. The fourth-order valence-electron chi connectivity index (χ4n) is 4.50. The van der Waals surface area contributed by atoms with E-state index in [1.54, 1.807) is 4.57 Å². The normalized spacial score (nSPS) is 25.5. The fraction of sp³-hybridized carbons (Fsp3) is 0.435. The van der Waals surface area contributed by atoms with Crippen molar-refractivity contribution in [2.75, 3.05) is 18.5 Å². The Bertz CT molecular complexity index is 1310. The third kappa shape index (κ3) is 4.55. The molecule has 1 aromatic carbocycles. The van der Waals surface area contributed by atoms with Gasteiger partial charge in [0.25, 0.3) is 5.56 Å². The molecule has 5 rings (SSSR count). The van der Waals surface area contributed by atoms with Crippen LogP contribution in [0.4, 0.5) is 5.95 Å². The number of imidazole rings is 1.